The van der Waals surface area contributed by atoms with Gasteiger partial charge in [0.05, 0.1) is 0 Å². The molecule has 1 unspecified atom stereocenters. The van der Waals surface area contributed by atoms with Crippen LogP contribution in [-0.4, -0.2) is 0 Å². The number of rotatable bonds is 2. The van der Waals surface area contributed by atoms with Crippen molar-refractivity contribution in [2.24, 2.45) is 0 Å². The summed E-state index contributed by atoms with van der Waals surface area (Å²) >= 11 is 0. The smallest absolute Gasteiger partial charge is 0.0316 e. The summed E-state index contributed by atoms with van der Waals surface area (Å²) in [6, 6.07) is 26.2. The first-order chi connectivity index (χ1) is 11.7. The third-order valence-corrected chi connectivity index (χ3v) is 5.38. The third kappa shape index (κ3) is 2.60. The van der Waals surface area contributed by atoms with Crippen molar-refractivity contribution < 1.29 is 0 Å². The molecule has 1 atom stereocenters. The molecule has 120 valence electrons. The first-order valence-electron chi connectivity index (χ1n) is 8.75. The minimum absolute atomic E-state index is 0.377. The Morgan fingerprint density at radius 1 is 0.792 bits per heavy atom. The lowest BCUT2D eigenvalue weighted by atomic mass is 9.76. The quantitative estimate of drug-likeness (QED) is 0.638. The molecule has 0 heterocycles. The van der Waals surface area contributed by atoms with Crippen LogP contribution in [-0.2, 0) is 12.8 Å². The van der Waals surface area contributed by atoms with Gasteiger partial charge in [-0.05, 0) is 58.7 Å². The largest absolute Gasteiger partial charge is 0.399 e. The molecule has 1 heteroatoms. The normalized spacial score (nSPS) is 15.2. The van der Waals surface area contributed by atoms with E-state index in [9.17, 15) is 0 Å². The Hall–Kier alpha value is -2.54. The van der Waals surface area contributed by atoms with E-state index >= 15 is 0 Å². The van der Waals surface area contributed by atoms with Gasteiger partial charge in [0.15, 0.2) is 0 Å². The van der Waals surface area contributed by atoms with Crippen LogP contribution in [0.25, 0.3) is 0 Å². The van der Waals surface area contributed by atoms with Crippen LogP contribution in [0.3, 0.4) is 0 Å². The van der Waals surface area contributed by atoms with Gasteiger partial charge in [-0.25, -0.2) is 0 Å². The van der Waals surface area contributed by atoms with E-state index in [-0.39, 0.29) is 0 Å². The molecule has 0 fully saturated rings. The molecule has 2 N–H and O–H groups in total. The topological polar surface area (TPSA) is 26.0 Å². The van der Waals surface area contributed by atoms with Crippen LogP contribution < -0.4 is 5.73 Å². The molecule has 24 heavy (non-hydrogen) atoms. The number of hydrogen-bond donors (Lipinski definition) is 1. The Morgan fingerprint density at radius 3 is 1.96 bits per heavy atom. The maximum Gasteiger partial charge on any atom is 0.0316 e. The van der Waals surface area contributed by atoms with Crippen LogP contribution in [0.4, 0.5) is 5.69 Å². The summed E-state index contributed by atoms with van der Waals surface area (Å²) in [5.41, 5.74) is 14.1. The lowest BCUT2D eigenvalue weighted by Gasteiger charge is -2.27. The first-order valence-corrected chi connectivity index (χ1v) is 8.75. The van der Waals surface area contributed by atoms with Crippen molar-refractivity contribution in [2.45, 2.75) is 31.6 Å². The fourth-order valence-electron chi connectivity index (χ4n) is 4.14. The average Bonchev–Trinajstić information content (AvgIpc) is 2.78. The molecule has 1 aliphatic carbocycles. The number of nitrogen functional groups attached to an aromatic ring is 1. The number of aryl methyl sites for hydroxylation is 2. The predicted molar refractivity (Wildman–Crippen MR) is 101 cm³/mol. The highest BCUT2D eigenvalue weighted by Gasteiger charge is 2.28. The van der Waals surface area contributed by atoms with E-state index < -0.39 is 0 Å². The van der Waals surface area contributed by atoms with E-state index in [4.69, 9.17) is 5.73 Å². The molecule has 0 amide bonds. The van der Waals surface area contributed by atoms with Gasteiger partial charge >= 0.3 is 0 Å². The van der Waals surface area contributed by atoms with Crippen LogP contribution in [0.5, 0.6) is 0 Å². The van der Waals surface area contributed by atoms with Gasteiger partial charge in [-0.15, -0.1) is 0 Å². The van der Waals surface area contributed by atoms with E-state index in [1.807, 2.05) is 6.07 Å². The summed E-state index contributed by atoms with van der Waals surface area (Å²) in [6.07, 6.45) is 2.24. The highest BCUT2D eigenvalue weighted by atomic mass is 14.5. The SMILES string of the molecule is CC(c1cccc(N)c1)C1c2ccccc2CCc2ccccc21. The van der Waals surface area contributed by atoms with Crippen molar-refractivity contribution in [1.82, 2.24) is 0 Å². The Balaban J connectivity index is 1.89. The zero-order valence-electron chi connectivity index (χ0n) is 14.1. The van der Waals surface area contributed by atoms with Gasteiger partial charge in [0.25, 0.3) is 0 Å². The summed E-state index contributed by atoms with van der Waals surface area (Å²) in [7, 11) is 0. The molecule has 4 rings (SSSR count). The molecular weight excluding hydrogens is 290 g/mol. The van der Waals surface area contributed by atoms with Gasteiger partial charge in [-0.1, -0.05) is 67.6 Å². The maximum absolute atomic E-state index is 6.05. The molecule has 0 radical (unpaired) electrons. The number of benzene rings is 3. The number of hydrogen-bond acceptors (Lipinski definition) is 1. The minimum Gasteiger partial charge on any atom is -0.399 e. The second-order valence-corrected chi connectivity index (χ2v) is 6.83. The molecule has 0 saturated carbocycles. The number of nitrogens with two attached hydrogens (primary N) is 1. The van der Waals surface area contributed by atoms with E-state index in [1.54, 1.807) is 0 Å². The fourth-order valence-corrected chi connectivity index (χ4v) is 4.14. The Labute approximate surface area is 144 Å². The molecule has 3 aromatic carbocycles. The minimum atomic E-state index is 0.377. The highest BCUT2D eigenvalue weighted by molar-refractivity contribution is 5.49. The molecular formula is C23H23N. The van der Waals surface area contributed by atoms with Crippen LogP contribution in [0.1, 0.15) is 46.6 Å². The van der Waals surface area contributed by atoms with Gasteiger partial charge in [0.1, 0.15) is 0 Å². The standard InChI is InChI=1S/C23H23N/c1-16(19-9-6-10-20(24)15-19)23-21-11-4-2-7-17(21)13-14-18-8-3-5-12-22(18)23/h2-12,15-16,23H,13-14,24H2,1H3. The number of fused-ring (bicyclic) bond motifs is 2. The summed E-state index contributed by atoms with van der Waals surface area (Å²) in [5.74, 6) is 0.760. The lowest BCUT2D eigenvalue weighted by Crippen LogP contribution is -2.12. The molecule has 1 nitrogen and oxygen atoms in total. The predicted octanol–water partition coefficient (Wildman–Crippen LogP) is 5.30. The van der Waals surface area contributed by atoms with Crippen molar-refractivity contribution in [1.29, 1.82) is 0 Å². The lowest BCUT2D eigenvalue weighted by molar-refractivity contribution is 0.655. The van der Waals surface area contributed by atoms with Crippen LogP contribution in [0.15, 0.2) is 72.8 Å². The molecule has 0 bridgehead atoms. The molecule has 0 aromatic heterocycles. The number of anilines is 1. The summed E-state index contributed by atoms with van der Waals surface area (Å²) in [6.45, 7) is 2.33. The fraction of sp³-hybridized carbons (Fsp3) is 0.217. The van der Waals surface area contributed by atoms with Crippen LogP contribution >= 0.6 is 0 Å². The van der Waals surface area contributed by atoms with E-state index in [0.717, 1.165) is 18.5 Å². The second kappa shape index (κ2) is 6.16. The van der Waals surface area contributed by atoms with Gasteiger partial charge in [0, 0.05) is 11.6 Å². The van der Waals surface area contributed by atoms with Crippen molar-refractivity contribution in [2.75, 3.05) is 5.73 Å². The van der Waals surface area contributed by atoms with Gasteiger partial charge in [-0.2, -0.15) is 0 Å². The first kappa shape index (κ1) is 15.0. The second-order valence-electron chi connectivity index (χ2n) is 6.83. The average molecular weight is 313 g/mol. The molecule has 0 saturated heterocycles. The Kier molecular flexibility index (Phi) is 3.86. The van der Waals surface area contributed by atoms with Gasteiger partial charge in [0.2, 0.25) is 0 Å². The molecule has 3 aromatic rings. The molecule has 1 aliphatic rings. The van der Waals surface area contributed by atoms with Crippen molar-refractivity contribution in [3.8, 4) is 0 Å². The summed E-state index contributed by atoms with van der Waals surface area (Å²) in [4.78, 5) is 0. The molecule has 0 aliphatic heterocycles. The van der Waals surface area contributed by atoms with Crippen molar-refractivity contribution in [3.63, 3.8) is 0 Å². The zero-order valence-corrected chi connectivity index (χ0v) is 14.1. The van der Waals surface area contributed by atoms with E-state index in [1.165, 1.54) is 27.8 Å². The van der Waals surface area contributed by atoms with Crippen molar-refractivity contribution in [3.05, 3.63) is 101 Å². The van der Waals surface area contributed by atoms with E-state index in [2.05, 4.69) is 73.7 Å². The highest BCUT2D eigenvalue weighted by Crippen LogP contribution is 2.43. The summed E-state index contributed by atoms with van der Waals surface area (Å²) < 4.78 is 0. The van der Waals surface area contributed by atoms with Crippen LogP contribution in [0, 0.1) is 0 Å². The van der Waals surface area contributed by atoms with Gasteiger partial charge in [-0.3, -0.25) is 0 Å². The Bertz CT molecular complexity index is 818. The van der Waals surface area contributed by atoms with Crippen LogP contribution in [0.2, 0.25) is 0 Å². The van der Waals surface area contributed by atoms with E-state index in [0.29, 0.717) is 11.8 Å². The van der Waals surface area contributed by atoms with Gasteiger partial charge < -0.3 is 5.73 Å². The maximum atomic E-state index is 6.05. The third-order valence-electron chi connectivity index (χ3n) is 5.38. The van der Waals surface area contributed by atoms with Crippen molar-refractivity contribution >= 4 is 5.69 Å². The zero-order chi connectivity index (χ0) is 16.5. The summed E-state index contributed by atoms with van der Waals surface area (Å²) in [5, 5.41) is 0. The molecule has 0 spiro atoms. The monoisotopic (exact) mass is 313 g/mol. The Morgan fingerprint density at radius 2 is 1.38 bits per heavy atom.